The topological polar surface area (TPSA) is 103 Å². The van der Waals surface area contributed by atoms with Crippen LogP contribution in [0.25, 0.3) is 0 Å². The summed E-state index contributed by atoms with van der Waals surface area (Å²) in [6.07, 6.45) is 4.02. The number of benzene rings is 2. The van der Waals surface area contributed by atoms with Crippen molar-refractivity contribution in [3.8, 4) is 11.5 Å². The van der Waals surface area contributed by atoms with Gasteiger partial charge in [0.25, 0.3) is 11.8 Å². The van der Waals surface area contributed by atoms with Gasteiger partial charge in [-0.05, 0) is 62.2 Å². The highest BCUT2D eigenvalue weighted by Gasteiger charge is 2.32. The van der Waals surface area contributed by atoms with Crippen molar-refractivity contribution >= 4 is 29.1 Å². The molecular weight excluding hydrogens is 510 g/mol. The largest absolute Gasteiger partial charge is 0.493 e. The third-order valence-electron chi connectivity index (χ3n) is 8.15. The highest BCUT2D eigenvalue weighted by molar-refractivity contribution is 6.07. The van der Waals surface area contributed by atoms with Crippen LogP contribution in [-0.4, -0.2) is 94.1 Å². The van der Waals surface area contributed by atoms with E-state index in [1.165, 1.54) is 7.11 Å². The predicted octanol–water partition coefficient (Wildman–Crippen LogP) is 2.84. The van der Waals surface area contributed by atoms with Crippen LogP contribution in [0.5, 0.6) is 11.5 Å². The Bertz CT molecular complexity index is 1230. The number of rotatable bonds is 7. The molecule has 0 atom stereocenters. The number of hydrogen-bond donors (Lipinski definition) is 2. The summed E-state index contributed by atoms with van der Waals surface area (Å²) in [7, 11) is 3.08. The van der Waals surface area contributed by atoms with Gasteiger partial charge in [0.05, 0.1) is 25.6 Å². The minimum absolute atomic E-state index is 0.0484. The van der Waals surface area contributed by atoms with E-state index in [4.69, 9.17) is 9.47 Å². The maximum absolute atomic E-state index is 13.4. The molecule has 3 fully saturated rings. The Morgan fingerprint density at radius 1 is 0.800 bits per heavy atom. The van der Waals surface area contributed by atoms with Crippen molar-refractivity contribution in [3.05, 3.63) is 47.5 Å². The van der Waals surface area contributed by atoms with Gasteiger partial charge < -0.3 is 34.8 Å². The fourth-order valence-electron chi connectivity index (χ4n) is 5.53. The van der Waals surface area contributed by atoms with Gasteiger partial charge in [-0.25, -0.2) is 0 Å². The fourth-order valence-corrected chi connectivity index (χ4v) is 5.53. The SMILES string of the molecule is COc1ccc(C(=O)Nc2cc(C(=O)N3CCCNCC3)ccc2N2CCN(C(=O)C3CCC3)CC2)cc1OC. The predicted molar refractivity (Wildman–Crippen MR) is 153 cm³/mol. The molecule has 0 spiro atoms. The van der Waals surface area contributed by atoms with Crippen LogP contribution in [0.15, 0.2) is 36.4 Å². The lowest BCUT2D eigenvalue weighted by atomic mass is 9.84. The number of carbonyl (C=O) groups excluding carboxylic acids is 3. The second-order valence-electron chi connectivity index (χ2n) is 10.6. The van der Waals surface area contributed by atoms with Gasteiger partial charge in [0.2, 0.25) is 5.91 Å². The van der Waals surface area contributed by atoms with E-state index < -0.39 is 0 Å². The molecule has 5 rings (SSSR count). The van der Waals surface area contributed by atoms with Crippen molar-refractivity contribution in [2.45, 2.75) is 25.7 Å². The van der Waals surface area contributed by atoms with Crippen LogP contribution >= 0.6 is 0 Å². The van der Waals surface area contributed by atoms with Gasteiger partial charge in [-0.1, -0.05) is 6.42 Å². The molecule has 40 heavy (non-hydrogen) atoms. The molecule has 2 aromatic carbocycles. The molecule has 2 heterocycles. The molecule has 0 radical (unpaired) electrons. The van der Waals surface area contributed by atoms with Crippen molar-refractivity contribution in [3.63, 3.8) is 0 Å². The Morgan fingerprint density at radius 2 is 1.55 bits per heavy atom. The summed E-state index contributed by atoms with van der Waals surface area (Å²) in [6.45, 7) is 5.58. The van der Waals surface area contributed by atoms with E-state index in [9.17, 15) is 14.4 Å². The number of amides is 3. The maximum Gasteiger partial charge on any atom is 0.255 e. The number of carbonyl (C=O) groups is 3. The van der Waals surface area contributed by atoms with Crippen LogP contribution in [0.2, 0.25) is 0 Å². The van der Waals surface area contributed by atoms with Gasteiger partial charge in [-0.2, -0.15) is 0 Å². The van der Waals surface area contributed by atoms with E-state index >= 15 is 0 Å². The Morgan fingerprint density at radius 3 is 2.25 bits per heavy atom. The Labute approximate surface area is 235 Å². The molecule has 2 N–H and O–H groups in total. The first-order chi connectivity index (χ1) is 19.5. The Balaban J connectivity index is 1.39. The minimum Gasteiger partial charge on any atom is -0.493 e. The van der Waals surface area contributed by atoms with E-state index in [1.54, 1.807) is 31.4 Å². The molecule has 0 aromatic heterocycles. The first-order valence-electron chi connectivity index (χ1n) is 14.2. The van der Waals surface area contributed by atoms with Crippen LogP contribution in [0.4, 0.5) is 11.4 Å². The molecule has 2 aromatic rings. The lowest BCUT2D eigenvalue weighted by Gasteiger charge is -2.39. The molecule has 2 saturated heterocycles. The summed E-state index contributed by atoms with van der Waals surface area (Å²) in [5, 5.41) is 6.38. The van der Waals surface area contributed by atoms with Crippen LogP contribution in [0.1, 0.15) is 46.4 Å². The number of piperazine rings is 1. The van der Waals surface area contributed by atoms with E-state index in [0.29, 0.717) is 67.6 Å². The second kappa shape index (κ2) is 12.6. The third kappa shape index (κ3) is 6.01. The summed E-state index contributed by atoms with van der Waals surface area (Å²) in [5.74, 6) is 1.08. The zero-order valence-electron chi connectivity index (χ0n) is 23.4. The average Bonchev–Trinajstić information content (AvgIpc) is 3.25. The van der Waals surface area contributed by atoms with Gasteiger partial charge in [-0.3, -0.25) is 14.4 Å². The molecule has 214 valence electrons. The van der Waals surface area contributed by atoms with E-state index in [2.05, 4.69) is 15.5 Å². The number of ether oxygens (including phenoxy) is 2. The van der Waals surface area contributed by atoms with E-state index in [-0.39, 0.29) is 23.6 Å². The van der Waals surface area contributed by atoms with Crippen LogP contribution in [0, 0.1) is 5.92 Å². The maximum atomic E-state index is 13.4. The zero-order chi connectivity index (χ0) is 28.1. The zero-order valence-corrected chi connectivity index (χ0v) is 23.4. The van der Waals surface area contributed by atoms with E-state index in [1.807, 2.05) is 21.9 Å². The molecular formula is C30H39N5O5. The Hall–Kier alpha value is -3.79. The Kier molecular flexibility index (Phi) is 8.74. The van der Waals surface area contributed by atoms with Gasteiger partial charge >= 0.3 is 0 Å². The lowest BCUT2D eigenvalue weighted by Crippen LogP contribution is -2.51. The molecule has 0 unspecified atom stereocenters. The molecule has 0 bridgehead atoms. The summed E-state index contributed by atoms with van der Waals surface area (Å²) < 4.78 is 10.7. The number of methoxy groups -OCH3 is 2. The first-order valence-corrected chi connectivity index (χ1v) is 14.2. The van der Waals surface area contributed by atoms with Gasteiger partial charge in [0, 0.05) is 62.9 Å². The summed E-state index contributed by atoms with van der Waals surface area (Å²) >= 11 is 0. The van der Waals surface area contributed by atoms with Gasteiger partial charge in [0.1, 0.15) is 0 Å². The van der Waals surface area contributed by atoms with E-state index in [0.717, 1.165) is 44.5 Å². The minimum atomic E-state index is -0.315. The monoisotopic (exact) mass is 549 g/mol. The molecule has 10 nitrogen and oxygen atoms in total. The molecule has 3 aliphatic rings. The van der Waals surface area contributed by atoms with Crippen molar-refractivity contribution in [2.24, 2.45) is 5.92 Å². The highest BCUT2D eigenvalue weighted by Crippen LogP contribution is 2.33. The smallest absolute Gasteiger partial charge is 0.255 e. The van der Waals surface area contributed by atoms with Crippen molar-refractivity contribution in [2.75, 3.05) is 76.8 Å². The summed E-state index contributed by atoms with van der Waals surface area (Å²) in [5.41, 5.74) is 2.35. The number of hydrogen-bond acceptors (Lipinski definition) is 7. The number of nitrogens with zero attached hydrogens (tertiary/aromatic N) is 3. The first kappa shape index (κ1) is 27.8. The van der Waals surface area contributed by atoms with Crippen LogP contribution in [0.3, 0.4) is 0 Å². The van der Waals surface area contributed by atoms with Crippen molar-refractivity contribution in [1.82, 2.24) is 15.1 Å². The van der Waals surface area contributed by atoms with Crippen LogP contribution < -0.4 is 25.0 Å². The average molecular weight is 550 g/mol. The highest BCUT2D eigenvalue weighted by atomic mass is 16.5. The van der Waals surface area contributed by atoms with Gasteiger partial charge in [0.15, 0.2) is 11.5 Å². The normalized spacial score (nSPS) is 18.0. The third-order valence-corrected chi connectivity index (χ3v) is 8.15. The molecule has 1 aliphatic carbocycles. The molecule has 3 amide bonds. The second-order valence-corrected chi connectivity index (χ2v) is 10.6. The standard InChI is InChI=1S/C30H39N5O5/c1-39-26-10-8-22(20-27(26)40-2)28(36)32-24-19-23(30(38)34-13-4-11-31-12-14-34)7-9-25(24)33-15-17-35(18-16-33)29(37)21-5-3-6-21/h7-10,19-21,31H,3-6,11-18H2,1-2H3,(H,32,36). The molecule has 2 aliphatic heterocycles. The number of nitrogens with one attached hydrogen (secondary N) is 2. The molecule has 10 heteroatoms. The number of anilines is 2. The van der Waals surface area contributed by atoms with Gasteiger partial charge in [-0.15, -0.1) is 0 Å². The molecule has 1 saturated carbocycles. The summed E-state index contributed by atoms with van der Waals surface area (Å²) in [6, 6.07) is 10.5. The fraction of sp³-hybridized carbons (Fsp3) is 0.500. The quantitative estimate of drug-likeness (QED) is 0.548. The summed E-state index contributed by atoms with van der Waals surface area (Å²) in [4.78, 5) is 45.6. The van der Waals surface area contributed by atoms with Crippen LogP contribution in [-0.2, 0) is 4.79 Å². The van der Waals surface area contributed by atoms with Crippen molar-refractivity contribution < 1.29 is 23.9 Å². The van der Waals surface area contributed by atoms with Crippen molar-refractivity contribution in [1.29, 1.82) is 0 Å². The lowest BCUT2D eigenvalue weighted by molar-refractivity contribution is -0.138.